The zero-order chi connectivity index (χ0) is 24.8. The Bertz CT molecular complexity index is 973. The molecule has 3 rings (SSSR count). The van der Waals surface area contributed by atoms with Crippen LogP contribution < -0.4 is 0 Å². The van der Waals surface area contributed by atoms with Crippen molar-refractivity contribution in [2.45, 2.75) is 97.9 Å². The third kappa shape index (κ3) is 5.77. The zero-order valence-electron chi connectivity index (χ0n) is 22.0. The molecule has 1 saturated heterocycles. The number of hydrogen-bond acceptors (Lipinski definition) is 2. The van der Waals surface area contributed by atoms with Crippen LogP contribution in [0, 0.1) is 5.41 Å². The summed E-state index contributed by atoms with van der Waals surface area (Å²) in [6.45, 7) is 20.5. The van der Waals surface area contributed by atoms with Crippen molar-refractivity contribution in [3.8, 4) is 11.3 Å². The Kier molecular flexibility index (Phi) is 6.72. The van der Waals surface area contributed by atoms with Crippen LogP contribution in [0.4, 0.5) is 4.79 Å². The molecule has 1 aliphatic heterocycles. The lowest BCUT2D eigenvalue weighted by molar-refractivity contribution is 0.0521. The first-order valence-electron chi connectivity index (χ1n) is 12.2. The standard InChI is InChI=1S/C29H42N2O2/c1-27(2,3)21-15-20(16-22(18-21)28(4,5)6)24-12-10-11-23(30-24)19-13-14-31(26(32)33)25(17-19)29(7,8)9/h10-12,15-16,18-19,25H,13-14,17H2,1-9H3,(H,32,33). The predicted octanol–water partition coefficient (Wildman–Crippen LogP) is 7.62. The zero-order valence-corrected chi connectivity index (χ0v) is 22.0. The smallest absolute Gasteiger partial charge is 0.407 e. The summed E-state index contributed by atoms with van der Waals surface area (Å²) < 4.78 is 0. The number of nitrogens with zero attached hydrogens (tertiary/aromatic N) is 2. The fourth-order valence-electron chi connectivity index (χ4n) is 4.77. The summed E-state index contributed by atoms with van der Waals surface area (Å²) in [6, 6.07) is 13.2. The maximum absolute atomic E-state index is 11.8. The minimum atomic E-state index is -0.816. The molecule has 1 aliphatic rings. The average Bonchev–Trinajstić information content (AvgIpc) is 2.71. The monoisotopic (exact) mass is 450 g/mol. The first-order chi connectivity index (χ1) is 15.1. The van der Waals surface area contributed by atoms with E-state index in [4.69, 9.17) is 4.98 Å². The maximum Gasteiger partial charge on any atom is 0.407 e. The molecule has 2 unspecified atom stereocenters. The highest BCUT2D eigenvalue weighted by Gasteiger charge is 2.39. The van der Waals surface area contributed by atoms with Crippen LogP contribution >= 0.6 is 0 Å². The van der Waals surface area contributed by atoms with E-state index in [1.165, 1.54) is 11.1 Å². The van der Waals surface area contributed by atoms with Crippen LogP contribution in [0.1, 0.15) is 97.9 Å². The van der Waals surface area contributed by atoms with Gasteiger partial charge in [0.1, 0.15) is 0 Å². The van der Waals surface area contributed by atoms with Crippen molar-refractivity contribution in [2.24, 2.45) is 5.41 Å². The summed E-state index contributed by atoms with van der Waals surface area (Å²) in [6.07, 6.45) is 0.801. The van der Waals surface area contributed by atoms with Gasteiger partial charge in [-0.3, -0.25) is 4.98 Å². The third-order valence-electron chi connectivity index (χ3n) is 7.00. The topological polar surface area (TPSA) is 53.4 Å². The second-order valence-corrected chi connectivity index (χ2v) is 12.8. The minimum absolute atomic E-state index is 0.0177. The molecule has 0 spiro atoms. The number of piperidine rings is 1. The van der Waals surface area contributed by atoms with E-state index in [-0.39, 0.29) is 28.2 Å². The minimum Gasteiger partial charge on any atom is -0.465 e. The molecule has 2 heterocycles. The largest absolute Gasteiger partial charge is 0.465 e. The number of rotatable bonds is 2. The first kappa shape index (κ1) is 25.3. The number of likely N-dealkylation sites (tertiary alicyclic amines) is 1. The second-order valence-electron chi connectivity index (χ2n) is 12.8. The Hall–Kier alpha value is -2.36. The molecule has 1 fully saturated rings. The summed E-state index contributed by atoms with van der Waals surface area (Å²) in [7, 11) is 0. The van der Waals surface area contributed by atoms with Gasteiger partial charge in [0.05, 0.1) is 5.69 Å². The summed E-state index contributed by atoms with van der Waals surface area (Å²) in [4.78, 5) is 18.6. The van der Waals surface area contributed by atoms with Crippen molar-refractivity contribution >= 4 is 6.09 Å². The van der Waals surface area contributed by atoms with Crippen LogP contribution in [0.15, 0.2) is 36.4 Å². The van der Waals surface area contributed by atoms with Crippen molar-refractivity contribution in [2.75, 3.05) is 6.54 Å². The van der Waals surface area contributed by atoms with Gasteiger partial charge in [-0.2, -0.15) is 0 Å². The molecule has 2 atom stereocenters. The van der Waals surface area contributed by atoms with Crippen LogP contribution in [-0.2, 0) is 10.8 Å². The van der Waals surface area contributed by atoms with E-state index in [1.807, 2.05) is 0 Å². The Morgan fingerprint density at radius 2 is 1.52 bits per heavy atom. The van der Waals surface area contributed by atoms with Gasteiger partial charge >= 0.3 is 6.09 Å². The van der Waals surface area contributed by atoms with Crippen LogP contribution in [0.3, 0.4) is 0 Å². The number of hydrogen-bond donors (Lipinski definition) is 1. The summed E-state index contributed by atoms with van der Waals surface area (Å²) in [5, 5.41) is 9.72. The number of carbonyl (C=O) groups is 1. The van der Waals surface area contributed by atoms with Crippen molar-refractivity contribution in [3.05, 3.63) is 53.2 Å². The molecule has 1 aromatic heterocycles. The number of benzene rings is 1. The highest BCUT2D eigenvalue weighted by Crippen LogP contribution is 2.39. The average molecular weight is 451 g/mol. The van der Waals surface area contributed by atoms with Gasteiger partial charge in [-0.05, 0) is 64.5 Å². The van der Waals surface area contributed by atoms with E-state index >= 15 is 0 Å². The molecule has 0 saturated carbocycles. The van der Waals surface area contributed by atoms with E-state index in [0.717, 1.165) is 29.8 Å². The van der Waals surface area contributed by atoms with E-state index in [1.54, 1.807) is 4.90 Å². The van der Waals surface area contributed by atoms with Gasteiger partial charge < -0.3 is 10.0 Å². The van der Waals surface area contributed by atoms with Gasteiger partial charge in [0.2, 0.25) is 0 Å². The highest BCUT2D eigenvalue weighted by atomic mass is 16.4. The second kappa shape index (κ2) is 8.77. The lowest BCUT2D eigenvalue weighted by atomic mass is 9.76. The predicted molar refractivity (Wildman–Crippen MR) is 137 cm³/mol. The molecule has 4 heteroatoms. The van der Waals surface area contributed by atoms with Crippen molar-refractivity contribution in [1.29, 1.82) is 0 Å². The molecular weight excluding hydrogens is 408 g/mol. The van der Waals surface area contributed by atoms with Gasteiger partial charge in [-0.25, -0.2) is 4.79 Å². The van der Waals surface area contributed by atoms with Gasteiger partial charge in [-0.1, -0.05) is 74.4 Å². The highest BCUT2D eigenvalue weighted by molar-refractivity contribution is 5.66. The summed E-state index contributed by atoms with van der Waals surface area (Å²) in [5.41, 5.74) is 5.86. The Balaban J connectivity index is 2.00. The normalized spacial score (nSPS) is 20.1. The van der Waals surface area contributed by atoms with Crippen LogP contribution in [0.2, 0.25) is 0 Å². The summed E-state index contributed by atoms with van der Waals surface area (Å²) in [5.74, 6) is 0.262. The summed E-state index contributed by atoms with van der Waals surface area (Å²) >= 11 is 0. The van der Waals surface area contributed by atoms with Crippen molar-refractivity contribution < 1.29 is 9.90 Å². The molecule has 0 radical (unpaired) electrons. The maximum atomic E-state index is 11.8. The van der Waals surface area contributed by atoms with Crippen LogP contribution in [0.5, 0.6) is 0 Å². The third-order valence-corrected chi connectivity index (χ3v) is 7.00. The van der Waals surface area contributed by atoms with E-state index in [0.29, 0.717) is 6.54 Å². The Labute approximate surface area is 200 Å². The molecule has 0 aliphatic carbocycles. The van der Waals surface area contributed by atoms with Gasteiger partial charge in [0, 0.05) is 29.8 Å². The van der Waals surface area contributed by atoms with E-state index < -0.39 is 6.09 Å². The number of amides is 1. The number of aromatic nitrogens is 1. The van der Waals surface area contributed by atoms with Crippen LogP contribution in [-0.4, -0.2) is 33.7 Å². The fraction of sp³-hybridized carbons (Fsp3) is 0.586. The Morgan fingerprint density at radius 1 is 0.939 bits per heavy atom. The fourth-order valence-corrected chi connectivity index (χ4v) is 4.77. The van der Waals surface area contributed by atoms with E-state index in [2.05, 4.69) is 98.7 Å². The van der Waals surface area contributed by atoms with Gasteiger partial charge in [-0.15, -0.1) is 0 Å². The molecule has 33 heavy (non-hydrogen) atoms. The quantitative estimate of drug-likeness (QED) is 0.512. The van der Waals surface area contributed by atoms with Gasteiger partial charge in [0.15, 0.2) is 0 Å². The molecule has 2 aromatic rings. The molecule has 0 bridgehead atoms. The molecule has 1 amide bonds. The van der Waals surface area contributed by atoms with Gasteiger partial charge in [0.25, 0.3) is 0 Å². The molecule has 1 N–H and O–H groups in total. The molecule has 1 aromatic carbocycles. The Morgan fingerprint density at radius 3 is 2.00 bits per heavy atom. The molecular formula is C29H42N2O2. The first-order valence-corrected chi connectivity index (χ1v) is 12.2. The number of pyridine rings is 1. The molecule has 4 nitrogen and oxygen atoms in total. The lowest BCUT2D eigenvalue weighted by Gasteiger charge is -2.44. The van der Waals surface area contributed by atoms with Crippen molar-refractivity contribution in [3.63, 3.8) is 0 Å². The number of carboxylic acid groups (broad SMARTS) is 1. The SMILES string of the molecule is CC(C)(C)c1cc(-c2cccc(C3CCN(C(=O)O)C(C(C)(C)C)C3)n2)cc(C(C)(C)C)c1. The van der Waals surface area contributed by atoms with Crippen molar-refractivity contribution in [1.82, 2.24) is 9.88 Å². The lowest BCUT2D eigenvalue weighted by Crippen LogP contribution is -2.51. The van der Waals surface area contributed by atoms with E-state index in [9.17, 15) is 9.90 Å². The molecule has 180 valence electrons. The van der Waals surface area contributed by atoms with Crippen LogP contribution in [0.25, 0.3) is 11.3 Å².